The number of hydrogen-bond acceptors (Lipinski definition) is 0. The maximum atomic E-state index is 2.12. The molecule has 0 aliphatic heterocycles. The molecule has 0 fully saturated rings. The van der Waals surface area contributed by atoms with E-state index in [1.165, 1.54) is 6.42 Å². The van der Waals surface area contributed by atoms with Crippen LogP contribution in [-0.4, -0.2) is 0 Å². The van der Waals surface area contributed by atoms with Crippen molar-refractivity contribution in [1.82, 2.24) is 0 Å². The average molecular weight is 140 g/mol. The van der Waals surface area contributed by atoms with Crippen LogP contribution in [0.4, 0.5) is 0 Å². The third-order valence-corrected chi connectivity index (χ3v) is 0. The van der Waals surface area contributed by atoms with Gasteiger partial charge in [-0.15, -0.1) is 0 Å². The normalized spacial score (nSPS) is 2.00. The summed E-state index contributed by atoms with van der Waals surface area (Å²) >= 11 is 0. The van der Waals surface area contributed by atoms with Crippen LogP contribution in [-0.2, 0) is 0 Å². The molecule has 0 heteroatoms. The van der Waals surface area contributed by atoms with Crippen LogP contribution in [0.3, 0.4) is 0 Å². The maximum absolute atomic E-state index is 2.12. The van der Waals surface area contributed by atoms with Crippen molar-refractivity contribution in [3.05, 3.63) is 0 Å². The van der Waals surface area contributed by atoms with Gasteiger partial charge < -0.3 is 0 Å². The highest BCUT2D eigenvalue weighted by atomic mass is 13.4. The third-order valence-electron chi connectivity index (χ3n) is 0. The standard InChI is InChI=1S/C3H8.6CH4/c1-3-2;;;;;;/h3H2,1-2H3;6*1H4. The summed E-state index contributed by atoms with van der Waals surface area (Å²) in [4.78, 5) is 0. The lowest BCUT2D eigenvalue weighted by atomic mass is 10.6. The van der Waals surface area contributed by atoms with Crippen LogP contribution in [0.1, 0.15) is 64.8 Å². The van der Waals surface area contributed by atoms with Crippen molar-refractivity contribution < 1.29 is 0 Å². The van der Waals surface area contributed by atoms with Gasteiger partial charge in [0.15, 0.2) is 0 Å². The van der Waals surface area contributed by atoms with E-state index in [2.05, 4.69) is 13.8 Å². The zero-order valence-electron chi connectivity index (χ0n) is 2.71. The van der Waals surface area contributed by atoms with E-state index in [1.54, 1.807) is 0 Å². The Morgan fingerprint density at radius 2 is 0.556 bits per heavy atom. The lowest BCUT2D eigenvalue weighted by Gasteiger charge is -1.48. The fraction of sp³-hybridized carbons (Fsp3) is 1.00. The van der Waals surface area contributed by atoms with Crippen LogP contribution in [0.25, 0.3) is 0 Å². The van der Waals surface area contributed by atoms with Crippen LogP contribution >= 0.6 is 0 Å². The van der Waals surface area contributed by atoms with Crippen molar-refractivity contribution >= 4 is 0 Å². The van der Waals surface area contributed by atoms with Gasteiger partial charge in [-0.05, 0) is 0 Å². The Hall–Kier alpha value is 0. The highest BCUT2D eigenvalue weighted by Gasteiger charge is 1.35. The Morgan fingerprint density at radius 3 is 0.556 bits per heavy atom. The molecule has 0 aromatic carbocycles. The van der Waals surface area contributed by atoms with Gasteiger partial charge in [0.2, 0.25) is 0 Å². The monoisotopic (exact) mass is 140 g/mol. The van der Waals surface area contributed by atoms with E-state index in [0.717, 1.165) is 0 Å². The van der Waals surface area contributed by atoms with Crippen molar-refractivity contribution in [2.24, 2.45) is 0 Å². The van der Waals surface area contributed by atoms with E-state index in [9.17, 15) is 0 Å². The molecule has 0 spiro atoms. The largest absolute Gasteiger partial charge is 0.0776 e. The van der Waals surface area contributed by atoms with Crippen molar-refractivity contribution in [3.63, 3.8) is 0 Å². The van der Waals surface area contributed by atoms with Crippen LogP contribution in [0, 0.1) is 0 Å². The molecule has 0 heterocycles. The molecule has 0 aromatic rings. The molecule has 0 bridgehead atoms. The Balaban J connectivity index is -0.00000000133. The Kier molecular flexibility index (Phi) is 6270. The highest BCUT2D eigenvalue weighted by Crippen LogP contribution is 1.56. The smallest absolute Gasteiger partial charge is 0.0590 e. The predicted octanol–water partition coefficient (Wildman–Crippen LogP) is 5.23. The lowest BCUT2D eigenvalue weighted by molar-refractivity contribution is 1.09. The Labute approximate surface area is 65.7 Å². The molecule has 9 heavy (non-hydrogen) atoms. The van der Waals surface area contributed by atoms with Gasteiger partial charge in [-0.2, -0.15) is 0 Å². The molecule has 0 saturated carbocycles. The molecular weight excluding hydrogens is 108 g/mol. The SMILES string of the molecule is C.C.C.C.C.C.CCC. The molecule has 0 amide bonds. The van der Waals surface area contributed by atoms with Crippen LogP contribution in [0.15, 0.2) is 0 Å². The first-order valence-electron chi connectivity index (χ1n) is 1.41. The van der Waals surface area contributed by atoms with E-state index >= 15 is 0 Å². The zero-order valence-corrected chi connectivity index (χ0v) is 2.71. The second-order valence-electron chi connectivity index (χ2n) is 0.707. The van der Waals surface area contributed by atoms with Crippen molar-refractivity contribution in [3.8, 4) is 0 Å². The van der Waals surface area contributed by atoms with Crippen molar-refractivity contribution in [2.45, 2.75) is 64.8 Å². The molecule has 0 aromatic heterocycles. The molecular formula is C9H32. The van der Waals surface area contributed by atoms with E-state index in [0.29, 0.717) is 0 Å². The Bertz CT molecular complexity index is 0. The minimum Gasteiger partial charge on any atom is -0.0776 e. The topological polar surface area (TPSA) is 0 Å². The van der Waals surface area contributed by atoms with E-state index in [-0.39, 0.29) is 44.6 Å². The molecule has 68 valence electrons. The highest BCUT2D eigenvalue weighted by molar-refractivity contribution is 3.92. The molecule has 0 saturated heterocycles. The van der Waals surface area contributed by atoms with Crippen LogP contribution in [0.5, 0.6) is 0 Å². The second-order valence-corrected chi connectivity index (χ2v) is 0.707. The molecule has 0 rings (SSSR count). The minimum absolute atomic E-state index is 0. The molecule has 0 aliphatic carbocycles. The van der Waals surface area contributed by atoms with Gasteiger partial charge in [0.05, 0.1) is 0 Å². The summed E-state index contributed by atoms with van der Waals surface area (Å²) in [5, 5.41) is 0. The fourth-order valence-electron chi connectivity index (χ4n) is 0. The second kappa shape index (κ2) is 392. The maximum Gasteiger partial charge on any atom is -0.0590 e. The molecule has 0 radical (unpaired) electrons. The number of hydrogen-bond donors (Lipinski definition) is 0. The van der Waals surface area contributed by atoms with E-state index in [4.69, 9.17) is 0 Å². The predicted molar refractivity (Wildman–Crippen MR) is 56.4 cm³/mol. The summed E-state index contributed by atoms with van der Waals surface area (Å²) in [5.41, 5.74) is 0. The summed E-state index contributed by atoms with van der Waals surface area (Å²) in [7, 11) is 0. The first-order valence-corrected chi connectivity index (χ1v) is 1.41. The zero-order chi connectivity index (χ0) is 2.71. The van der Waals surface area contributed by atoms with Gasteiger partial charge in [-0.25, -0.2) is 0 Å². The average Bonchev–Trinajstić information content (AvgIpc) is 0.918. The van der Waals surface area contributed by atoms with Gasteiger partial charge in [0.25, 0.3) is 0 Å². The van der Waals surface area contributed by atoms with Crippen molar-refractivity contribution in [1.29, 1.82) is 0 Å². The van der Waals surface area contributed by atoms with Gasteiger partial charge in [0.1, 0.15) is 0 Å². The van der Waals surface area contributed by atoms with Gasteiger partial charge in [-0.3, -0.25) is 0 Å². The van der Waals surface area contributed by atoms with Crippen LogP contribution in [0.2, 0.25) is 0 Å². The van der Waals surface area contributed by atoms with Crippen molar-refractivity contribution in [2.75, 3.05) is 0 Å². The summed E-state index contributed by atoms with van der Waals surface area (Å²) in [6.07, 6.45) is 1.25. The van der Waals surface area contributed by atoms with Gasteiger partial charge >= 0.3 is 0 Å². The summed E-state index contributed by atoms with van der Waals surface area (Å²) < 4.78 is 0. The molecule has 0 atom stereocenters. The first-order chi connectivity index (χ1) is 1.41. The number of rotatable bonds is 0. The van der Waals surface area contributed by atoms with Gasteiger partial charge in [-0.1, -0.05) is 64.8 Å². The summed E-state index contributed by atoms with van der Waals surface area (Å²) in [5.74, 6) is 0. The molecule has 0 N–H and O–H groups in total. The quantitative estimate of drug-likeness (QED) is 0.432. The molecule has 0 nitrogen and oxygen atoms in total. The molecule has 0 unspecified atom stereocenters. The molecule has 0 aliphatic rings. The summed E-state index contributed by atoms with van der Waals surface area (Å²) in [6, 6.07) is 0. The van der Waals surface area contributed by atoms with Crippen LogP contribution < -0.4 is 0 Å². The lowest BCUT2D eigenvalue weighted by Crippen LogP contribution is -1.27. The first kappa shape index (κ1) is 144. The third kappa shape index (κ3) is 0. The van der Waals surface area contributed by atoms with E-state index in [1.807, 2.05) is 0 Å². The van der Waals surface area contributed by atoms with Gasteiger partial charge in [0, 0.05) is 0 Å². The van der Waals surface area contributed by atoms with E-state index < -0.39 is 0 Å². The fourth-order valence-corrected chi connectivity index (χ4v) is 0. The summed E-state index contributed by atoms with van der Waals surface area (Å²) in [6.45, 7) is 4.25. The Morgan fingerprint density at radius 1 is 0.556 bits per heavy atom. The minimum atomic E-state index is 0.